The minimum absolute atomic E-state index is 0.0755. The Kier molecular flexibility index (Phi) is 6.14. The third kappa shape index (κ3) is 4.24. The maximum absolute atomic E-state index is 10.4. The summed E-state index contributed by atoms with van der Waals surface area (Å²) in [7, 11) is 0. The molecule has 0 radical (unpaired) electrons. The highest BCUT2D eigenvalue weighted by atomic mass is 32.1. The van der Waals surface area contributed by atoms with Gasteiger partial charge in [-0.3, -0.25) is 0 Å². The van der Waals surface area contributed by atoms with Crippen LogP contribution in [0.1, 0.15) is 38.2 Å². The molecular weight excluding hydrogens is 396 g/mol. The molecule has 0 saturated carbocycles. The average molecular weight is 421 g/mol. The molecule has 0 bridgehead atoms. The van der Waals surface area contributed by atoms with Gasteiger partial charge in [0.05, 0.1) is 11.3 Å². The number of thiazole rings is 1. The quantitative estimate of drug-likeness (QED) is 0.208. The van der Waals surface area contributed by atoms with Gasteiger partial charge in [-0.1, -0.05) is 56.5 Å². The van der Waals surface area contributed by atoms with E-state index < -0.39 is 0 Å². The first-order chi connectivity index (χ1) is 14.7. The number of phenolic OH excluding ortho intramolecular Hbond substituents is 1. The molecule has 0 fully saturated rings. The maximum Gasteiger partial charge on any atom is 0.265 e. The number of nitrogens with zero attached hydrogens (tertiary/aromatic N) is 2. The van der Waals surface area contributed by atoms with Crippen LogP contribution in [0, 0.1) is 0 Å². The molecule has 0 aliphatic heterocycles. The summed E-state index contributed by atoms with van der Waals surface area (Å²) in [6, 6.07) is 15.4. The third-order valence-corrected chi connectivity index (χ3v) is 6.02. The largest absolute Gasteiger partial charge is 0.508 e. The van der Waals surface area contributed by atoms with Crippen molar-refractivity contribution < 1.29 is 14.7 Å². The standard InChI is InChI=1S/C24H24N2O3S/c1-2-3-4-6-11-17-12-18-13-19(23(26-28)29-22(18)14-21(17)27)24-25-20(15-30-24)16-9-7-5-8-10-16/h5,7-10,12-15,27-28H,2-4,6,11H2,1H3. The van der Waals surface area contributed by atoms with Crippen molar-refractivity contribution in [1.29, 1.82) is 0 Å². The molecule has 154 valence electrons. The predicted molar refractivity (Wildman–Crippen MR) is 120 cm³/mol. The van der Waals surface area contributed by atoms with E-state index in [-0.39, 0.29) is 11.3 Å². The van der Waals surface area contributed by atoms with Crippen LogP contribution in [0.5, 0.6) is 5.75 Å². The van der Waals surface area contributed by atoms with Gasteiger partial charge in [0, 0.05) is 22.4 Å². The molecule has 2 aromatic carbocycles. The van der Waals surface area contributed by atoms with Gasteiger partial charge in [-0.15, -0.1) is 11.3 Å². The number of aromatic hydroxyl groups is 1. The van der Waals surface area contributed by atoms with Gasteiger partial charge in [0.1, 0.15) is 16.3 Å². The van der Waals surface area contributed by atoms with E-state index in [1.165, 1.54) is 24.2 Å². The molecule has 0 spiro atoms. The summed E-state index contributed by atoms with van der Waals surface area (Å²) in [5.74, 6) is 0.208. The third-order valence-electron chi connectivity index (χ3n) is 5.14. The number of aromatic nitrogens is 1. The van der Waals surface area contributed by atoms with Crippen LogP contribution in [0.2, 0.25) is 0 Å². The van der Waals surface area contributed by atoms with E-state index in [1.54, 1.807) is 6.07 Å². The van der Waals surface area contributed by atoms with Crippen molar-refractivity contribution >= 4 is 22.3 Å². The average Bonchev–Trinajstić information content (AvgIpc) is 3.27. The molecule has 0 aliphatic carbocycles. The van der Waals surface area contributed by atoms with Crippen molar-refractivity contribution in [1.82, 2.24) is 4.98 Å². The molecule has 5 nitrogen and oxygen atoms in total. The molecule has 0 unspecified atom stereocenters. The van der Waals surface area contributed by atoms with Crippen LogP contribution in [0.4, 0.5) is 0 Å². The topological polar surface area (TPSA) is 78.9 Å². The van der Waals surface area contributed by atoms with Crippen molar-refractivity contribution in [2.75, 3.05) is 0 Å². The molecule has 0 saturated heterocycles. The molecular formula is C24H24N2O3S. The van der Waals surface area contributed by atoms with Crippen LogP contribution < -0.4 is 5.55 Å². The molecule has 0 atom stereocenters. The fourth-order valence-corrected chi connectivity index (χ4v) is 4.36. The molecule has 4 rings (SSSR count). The number of phenols is 1. The summed E-state index contributed by atoms with van der Waals surface area (Å²) in [5.41, 5.74) is 3.96. The summed E-state index contributed by atoms with van der Waals surface area (Å²) < 4.78 is 5.78. The van der Waals surface area contributed by atoms with Crippen LogP contribution in [-0.4, -0.2) is 15.3 Å². The SMILES string of the molecule is CCCCCCc1cc2cc(-c3nc(-c4ccccc4)cs3)c(=NO)oc2cc1O. The highest BCUT2D eigenvalue weighted by Gasteiger charge is 2.14. The second-order valence-electron chi connectivity index (χ2n) is 7.30. The molecule has 2 N–H and O–H groups in total. The molecule has 2 aromatic heterocycles. The van der Waals surface area contributed by atoms with Crippen LogP contribution in [0.15, 0.2) is 63.5 Å². The Hall–Kier alpha value is -3.12. The first-order valence-corrected chi connectivity index (χ1v) is 11.1. The van der Waals surface area contributed by atoms with E-state index in [9.17, 15) is 10.3 Å². The Morgan fingerprint density at radius 2 is 1.90 bits per heavy atom. The van der Waals surface area contributed by atoms with Gasteiger partial charge in [-0.25, -0.2) is 4.98 Å². The highest BCUT2D eigenvalue weighted by Crippen LogP contribution is 2.31. The van der Waals surface area contributed by atoms with Gasteiger partial charge in [-0.2, -0.15) is 0 Å². The van der Waals surface area contributed by atoms with E-state index >= 15 is 0 Å². The van der Waals surface area contributed by atoms with Crippen LogP contribution in [0.3, 0.4) is 0 Å². The Bertz CT molecular complexity index is 1210. The minimum atomic E-state index is 0.0755. The number of hydrogen-bond acceptors (Lipinski definition) is 6. The Morgan fingerprint density at radius 3 is 2.67 bits per heavy atom. The van der Waals surface area contributed by atoms with Gasteiger partial charge in [0.25, 0.3) is 5.55 Å². The minimum Gasteiger partial charge on any atom is -0.508 e. The van der Waals surface area contributed by atoms with E-state index in [0.717, 1.165) is 41.5 Å². The molecule has 2 heterocycles. The van der Waals surface area contributed by atoms with Gasteiger partial charge >= 0.3 is 0 Å². The summed E-state index contributed by atoms with van der Waals surface area (Å²) in [6.07, 6.45) is 5.38. The first-order valence-electron chi connectivity index (χ1n) is 10.2. The summed E-state index contributed by atoms with van der Waals surface area (Å²) in [6.45, 7) is 2.18. The van der Waals surface area contributed by atoms with Crippen LogP contribution >= 0.6 is 11.3 Å². The summed E-state index contributed by atoms with van der Waals surface area (Å²) >= 11 is 1.47. The lowest BCUT2D eigenvalue weighted by Crippen LogP contribution is -2.05. The zero-order valence-electron chi connectivity index (χ0n) is 16.8. The van der Waals surface area contributed by atoms with Crippen molar-refractivity contribution in [3.63, 3.8) is 0 Å². The molecule has 0 amide bonds. The predicted octanol–water partition coefficient (Wildman–Crippen LogP) is 6.34. The summed E-state index contributed by atoms with van der Waals surface area (Å²) in [5, 5.41) is 26.7. The fourth-order valence-electron chi connectivity index (χ4n) is 3.52. The number of hydrogen-bond donors (Lipinski definition) is 2. The summed E-state index contributed by atoms with van der Waals surface area (Å²) in [4.78, 5) is 4.71. The number of unbranched alkanes of at least 4 members (excludes halogenated alkanes) is 3. The second-order valence-corrected chi connectivity index (χ2v) is 8.16. The van der Waals surface area contributed by atoms with E-state index in [1.807, 2.05) is 47.8 Å². The number of aryl methyl sites for hydroxylation is 1. The lowest BCUT2D eigenvalue weighted by atomic mass is 10.0. The van der Waals surface area contributed by atoms with Crippen LogP contribution in [0.25, 0.3) is 32.8 Å². The number of fused-ring (bicyclic) bond motifs is 1. The van der Waals surface area contributed by atoms with Gasteiger partial charge < -0.3 is 14.7 Å². The Labute approximate surface area is 179 Å². The monoisotopic (exact) mass is 420 g/mol. The molecule has 0 aliphatic rings. The van der Waals surface area contributed by atoms with Crippen molar-refractivity contribution in [3.8, 4) is 27.6 Å². The zero-order chi connectivity index (χ0) is 20.9. The highest BCUT2D eigenvalue weighted by molar-refractivity contribution is 7.13. The van der Waals surface area contributed by atoms with Gasteiger partial charge in [0.15, 0.2) is 0 Å². The van der Waals surface area contributed by atoms with Gasteiger partial charge in [0.2, 0.25) is 0 Å². The molecule has 4 aromatic rings. The molecule has 6 heteroatoms. The zero-order valence-corrected chi connectivity index (χ0v) is 17.7. The van der Waals surface area contributed by atoms with Crippen molar-refractivity contribution in [3.05, 3.63) is 65.0 Å². The van der Waals surface area contributed by atoms with Crippen molar-refractivity contribution in [2.24, 2.45) is 5.16 Å². The Morgan fingerprint density at radius 1 is 1.07 bits per heavy atom. The van der Waals surface area contributed by atoms with Crippen molar-refractivity contribution in [2.45, 2.75) is 39.0 Å². The normalized spacial score (nSPS) is 12.0. The van der Waals surface area contributed by atoms with Gasteiger partial charge in [-0.05, 0) is 35.7 Å². The lowest BCUT2D eigenvalue weighted by Gasteiger charge is -2.08. The van der Waals surface area contributed by atoms with E-state index in [2.05, 4.69) is 12.1 Å². The second kappa shape index (κ2) is 9.13. The smallest absolute Gasteiger partial charge is 0.265 e. The first kappa shape index (κ1) is 20.2. The number of benzene rings is 2. The molecule has 30 heavy (non-hydrogen) atoms. The maximum atomic E-state index is 10.4. The van der Waals surface area contributed by atoms with E-state index in [4.69, 9.17) is 9.40 Å². The lowest BCUT2D eigenvalue weighted by molar-refractivity contribution is 0.277. The fraction of sp³-hybridized carbons (Fsp3) is 0.250. The van der Waals surface area contributed by atoms with E-state index in [0.29, 0.717) is 16.2 Å². The van der Waals surface area contributed by atoms with Crippen LogP contribution in [-0.2, 0) is 6.42 Å². The Balaban J connectivity index is 1.73. The number of rotatable bonds is 7.